The minimum Gasteiger partial charge on any atom is -0.432 e. The number of ether oxygens (including phenoxy) is 2. The monoisotopic (exact) mass is 211 g/mol. The molecule has 2 unspecified atom stereocenters. The van der Waals surface area contributed by atoms with E-state index in [1.54, 1.807) is 13.8 Å². The van der Waals surface area contributed by atoms with Crippen LogP contribution in [-0.4, -0.2) is 23.4 Å². The van der Waals surface area contributed by atoms with Gasteiger partial charge in [-0.05, 0) is 13.8 Å². The highest BCUT2D eigenvalue weighted by Gasteiger charge is 2.23. The molecular weight excluding hydrogens is 199 g/mol. The molecule has 0 heterocycles. The molecule has 0 amide bonds. The second kappa shape index (κ2) is 5.85. The van der Waals surface area contributed by atoms with Crippen molar-refractivity contribution in [3.8, 4) is 0 Å². The lowest BCUT2D eigenvalue weighted by atomic mass is 10.5. The van der Waals surface area contributed by atoms with Crippen molar-refractivity contribution >= 4 is 14.4 Å². The van der Waals surface area contributed by atoms with Crippen LogP contribution in [0.25, 0.3) is 0 Å². The topological polar surface area (TPSA) is 82.1 Å². The third-order valence-corrected chi connectivity index (χ3v) is 1.31. The molecule has 13 heavy (non-hydrogen) atoms. The first kappa shape index (κ1) is 12.3. The van der Waals surface area contributed by atoms with Gasteiger partial charge in [0.05, 0.1) is 6.10 Å². The Morgan fingerprint density at radius 2 is 1.85 bits per heavy atom. The maximum absolute atomic E-state index is 10.7. The van der Waals surface area contributed by atoms with Gasteiger partial charge in [-0.15, -0.1) is 4.89 Å². The maximum atomic E-state index is 10.7. The van der Waals surface area contributed by atoms with E-state index < -0.39 is 20.7 Å². The lowest BCUT2D eigenvalue weighted by molar-refractivity contribution is -0.0609. The van der Waals surface area contributed by atoms with E-state index in [0.717, 1.165) is 0 Å². The summed E-state index contributed by atoms with van der Waals surface area (Å²) in [7, 11) is -2.77. The highest BCUT2D eigenvalue weighted by Crippen LogP contribution is 2.18. The van der Waals surface area contributed by atoms with E-state index in [4.69, 9.17) is 4.89 Å². The summed E-state index contributed by atoms with van der Waals surface area (Å²) in [6.45, 7) is 4.61. The van der Waals surface area contributed by atoms with E-state index in [2.05, 4.69) is 14.0 Å². The second-order valence-electron chi connectivity index (χ2n) is 2.45. The van der Waals surface area contributed by atoms with E-state index in [-0.39, 0.29) is 6.10 Å². The van der Waals surface area contributed by atoms with E-state index in [9.17, 15) is 9.36 Å². The molecule has 0 radical (unpaired) electrons. The van der Waals surface area contributed by atoms with E-state index >= 15 is 0 Å². The lowest BCUT2D eigenvalue weighted by Gasteiger charge is -2.09. The van der Waals surface area contributed by atoms with Gasteiger partial charge in [0.15, 0.2) is 0 Å². The number of carbonyl (C=O) groups is 1. The minimum absolute atomic E-state index is 0.303. The predicted octanol–water partition coefficient (Wildman–Crippen LogP) is 1.56. The summed E-state index contributed by atoms with van der Waals surface area (Å²) < 4.78 is 23.4. The summed E-state index contributed by atoms with van der Waals surface area (Å²) in [5.41, 5.74) is 0. The fourth-order valence-electron chi connectivity index (χ4n) is 0.504. The molecule has 0 aromatic carbocycles. The Bertz CT molecular complexity index is 192. The fraction of sp³-hybridized carbons (Fsp3) is 0.833. The van der Waals surface area contributed by atoms with Gasteiger partial charge in [0.2, 0.25) is 0 Å². The Hall–Kier alpha value is -0.710. The number of rotatable bonds is 4. The zero-order chi connectivity index (χ0) is 10.4. The van der Waals surface area contributed by atoms with Gasteiger partial charge in [0, 0.05) is 11.5 Å². The highest BCUT2D eigenvalue weighted by molar-refractivity contribution is 7.32. The van der Waals surface area contributed by atoms with E-state index in [1.165, 1.54) is 6.92 Å². The molecular formula is C6H12O6P+. The molecule has 0 aliphatic carbocycles. The molecule has 0 bridgehead atoms. The molecule has 0 aliphatic rings. The van der Waals surface area contributed by atoms with Gasteiger partial charge in [0.1, 0.15) is 0 Å². The molecule has 0 aliphatic heterocycles. The van der Waals surface area contributed by atoms with Crippen molar-refractivity contribution in [2.45, 2.75) is 33.2 Å². The zero-order valence-corrected chi connectivity index (χ0v) is 8.48. The van der Waals surface area contributed by atoms with Crippen molar-refractivity contribution < 1.29 is 28.3 Å². The number of hydrogen-bond acceptors (Lipinski definition) is 5. The first-order valence-electron chi connectivity index (χ1n) is 3.62. The SMILES string of the molecule is CC(C)OC(=O)OC(C)O[P+](=O)O. The van der Waals surface area contributed by atoms with Crippen LogP contribution < -0.4 is 0 Å². The Kier molecular flexibility index (Phi) is 5.53. The van der Waals surface area contributed by atoms with Crippen molar-refractivity contribution in [3.05, 3.63) is 0 Å². The Labute approximate surface area is 76.7 Å². The van der Waals surface area contributed by atoms with Crippen molar-refractivity contribution in [2.75, 3.05) is 0 Å². The van der Waals surface area contributed by atoms with Crippen molar-refractivity contribution in [2.24, 2.45) is 0 Å². The van der Waals surface area contributed by atoms with Gasteiger partial charge >= 0.3 is 14.4 Å². The summed E-state index contributed by atoms with van der Waals surface area (Å²) in [5.74, 6) is 0. The van der Waals surface area contributed by atoms with Crippen LogP contribution in [0.15, 0.2) is 0 Å². The normalized spacial score (nSPS) is 13.8. The van der Waals surface area contributed by atoms with Gasteiger partial charge in [-0.3, -0.25) is 0 Å². The molecule has 0 aromatic rings. The third-order valence-electron chi connectivity index (χ3n) is 0.833. The van der Waals surface area contributed by atoms with E-state index in [1.807, 2.05) is 0 Å². The molecule has 0 aromatic heterocycles. The molecule has 0 spiro atoms. The summed E-state index contributed by atoms with van der Waals surface area (Å²) in [6.07, 6.45) is -2.33. The van der Waals surface area contributed by atoms with Gasteiger partial charge in [-0.1, -0.05) is 4.52 Å². The quantitative estimate of drug-likeness (QED) is 0.431. The Morgan fingerprint density at radius 3 is 2.23 bits per heavy atom. The Balaban J connectivity index is 3.71. The second-order valence-corrected chi connectivity index (χ2v) is 3.13. The summed E-state index contributed by atoms with van der Waals surface area (Å²) in [5, 5.41) is 0. The van der Waals surface area contributed by atoms with Gasteiger partial charge in [0.25, 0.3) is 6.29 Å². The largest absolute Gasteiger partial charge is 0.698 e. The lowest BCUT2D eigenvalue weighted by Crippen LogP contribution is -2.19. The van der Waals surface area contributed by atoms with Crippen molar-refractivity contribution in [1.29, 1.82) is 0 Å². The number of carbonyl (C=O) groups excluding carboxylic acids is 1. The van der Waals surface area contributed by atoms with Crippen LogP contribution >= 0.6 is 8.25 Å². The fourth-order valence-corrected chi connectivity index (χ4v) is 0.801. The van der Waals surface area contributed by atoms with Crippen molar-refractivity contribution in [3.63, 3.8) is 0 Å². The first-order chi connectivity index (χ1) is 5.91. The minimum atomic E-state index is -2.77. The van der Waals surface area contributed by atoms with Crippen LogP contribution in [0.2, 0.25) is 0 Å². The summed E-state index contributed by atoms with van der Waals surface area (Å²) in [6, 6.07) is 0. The molecule has 76 valence electrons. The summed E-state index contributed by atoms with van der Waals surface area (Å²) in [4.78, 5) is 19.0. The average molecular weight is 211 g/mol. The highest BCUT2D eigenvalue weighted by atomic mass is 31.1. The van der Waals surface area contributed by atoms with E-state index in [0.29, 0.717) is 0 Å². The number of hydrogen-bond donors (Lipinski definition) is 1. The molecule has 7 heteroatoms. The molecule has 0 saturated heterocycles. The smallest absolute Gasteiger partial charge is 0.432 e. The van der Waals surface area contributed by atoms with Gasteiger partial charge < -0.3 is 9.47 Å². The van der Waals surface area contributed by atoms with Crippen LogP contribution in [0.3, 0.4) is 0 Å². The van der Waals surface area contributed by atoms with Crippen LogP contribution in [-0.2, 0) is 18.6 Å². The maximum Gasteiger partial charge on any atom is 0.698 e. The standard InChI is InChI=1S/C6H11O6P/c1-4(2)10-6(7)11-5(3)12-13(8)9/h4-5H,1-3H3/p+1. The van der Waals surface area contributed by atoms with Crippen LogP contribution in [0.5, 0.6) is 0 Å². The van der Waals surface area contributed by atoms with Gasteiger partial charge in [-0.2, -0.15) is 0 Å². The predicted molar refractivity (Wildman–Crippen MR) is 43.1 cm³/mol. The summed E-state index contributed by atoms with van der Waals surface area (Å²) >= 11 is 0. The molecule has 0 fully saturated rings. The zero-order valence-electron chi connectivity index (χ0n) is 7.59. The van der Waals surface area contributed by atoms with Crippen LogP contribution in [0.1, 0.15) is 20.8 Å². The molecule has 2 atom stereocenters. The molecule has 1 N–H and O–H groups in total. The van der Waals surface area contributed by atoms with Crippen LogP contribution in [0.4, 0.5) is 4.79 Å². The first-order valence-corrected chi connectivity index (χ1v) is 4.75. The van der Waals surface area contributed by atoms with Crippen molar-refractivity contribution in [1.82, 2.24) is 0 Å². The third kappa shape index (κ3) is 7.64. The molecule has 0 saturated carbocycles. The Morgan fingerprint density at radius 1 is 1.31 bits per heavy atom. The molecule has 6 nitrogen and oxygen atoms in total. The van der Waals surface area contributed by atoms with Crippen LogP contribution in [0, 0.1) is 0 Å². The van der Waals surface area contributed by atoms with Gasteiger partial charge in [-0.25, -0.2) is 4.79 Å². The molecule has 0 rings (SSSR count). The average Bonchev–Trinajstić information content (AvgIpc) is 1.80.